The van der Waals surface area contributed by atoms with Crippen LogP contribution >= 0.6 is 0 Å². The SMILES string of the molecule is Cc1nnnn1-c1cc(NC(=O)[C@H](Cc2ccccc2)NC(=O)OCc2ccccc2)ccc1F. The number of nitrogens with zero attached hydrogens (tertiary/aromatic N) is 4. The molecule has 4 aromatic rings. The molecule has 3 aromatic carbocycles. The van der Waals surface area contributed by atoms with Crippen molar-refractivity contribution in [3.63, 3.8) is 0 Å². The highest BCUT2D eigenvalue weighted by Gasteiger charge is 2.23. The van der Waals surface area contributed by atoms with E-state index in [9.17, 15) is 14.0 Å². The number of nitrogens with one attached hydrogen (secondary N) is 2. The average Bonchev–Trinajstić information content (AvgIpc) is 3.30. The number of ether oxygens (including phenoxy) is 1. The molecule has 1 aromatic heterocycles. The summed E-state index contributed by atoms with van der Waals surface area (Å²) in [5.74, 6) is -0.657. The van der Waals surface area contributed by atoms with Crippen molar-refractivity contribution >= 4 is 17.7 Å². The van der Waals surface area contributed by atoms with Gasteiger partial charge in [-0.15, -0.1) is 5.10 Å². The Bertz CT molecular complexity index is 1300. The van der Waals surface area contributed by atoms with Crippen molar-refractivity contribution in [3.8, 4) is 5.69 Å². The largest absolute Gasteiger partial charge is 0.445 e. The molecule has 2 amide bonds. The molecule has 0 aliphatic rings. The van der Waals surface area contributed by atoms with E-state index in [1.807, 2.05) is 60.7 Å². The van der Waals surface area contributed by atoms with Gasteiger partial charge >= 0.3 is 6.09 Å². The third-order valence-corrected chi connectivity index (χ3v) is 5.17. The lowest BCUT2D eigenvalue weighted by Gasteiger charge is -2.19. The summed E-state index contributed by atoms with van der Waals surface area (Å²) < 4.78 is 20.9. The average molecular weight is 474 g/mol. The molecule has 10 heteroatoms. The third-order valence-electron chi connectivity index (χ3n) is 5.17. The first kappa shape index (κ1) is 23.6. The van der Waals surface area contributed by atoms with Crippen LogP contribution in [0, 0.1) is 12.7 Å². The Morgan fingerprint density at radius 1 is 1.00 bits per heavy atom. The predicted octanol–water partition coefficient (Wildman–Crippen LogP) is 3.59. The van der Waals surface area contributed by atoms with Crippen molar-refractivity contribution in [2.75, 3.05) is 5.32 Å². The second kappa shape index (κ2) is 11.0. The normalized spacial score (nSPS) is 11.5. The van der Waals surface area contributed by atoms with Gasteiger partial charge in [0, 0.05) is 12.1 Å². The molecule has 35 heavy (non-hydrogen) atoms. The summed E-state index contributed by atoms with van der Waals surface area (Å²) in [6.45, 7) is 1.70. The Morgan fingerprint density at radius 2 is 1.69 bits per heavy atom. The first-order chi connectivity index (χ1) is 17.0. The van der Waals surface area contributed by atoms with E-state index in [0.717, 1.165) is 11.1 Å². The van der Waals surface area contributed by atoms with Gasteiger partial charge in [0.2, 0.25) is 5.91 Å². The fourth-order valence-electron chi connectivity index (χ4n) is 3.40. The summed E-state index contributed by atoms with van der Waals surface area (Å²) >= 11 is 0. The van der Waals surface area contributed by atoms with Crippen molar-refractivity contribution in [3.05, 3.63) is 102 Å². The highest BCUT2D eigenvalue weighted by Crippen LogP contribution is 2.19. The molecule has 2 N–H and O–H groups in total. The number of alkyl carbamates (subject to hydrolysis) is 1. The minimum Gasteiger partial charge on any atom is -0.445 e. The number of aryl methyl sites for hydroxylation is 1. The summed E-state index contributed by atoms with van der Waals surface area (Å²) in [5, 5.41) is 16.4. The van der Waals surface area contributed by atoms with Crippen molar-refractivity contribution in [2.45, 2.75) is 26.0 Å². The lowest BCUT2D eigenvalue weighted by Crippen LogP contribution is -2.45. The lowest BCUT2D eigenvalue weighted by molar-refractivity contribution is -0.118. The van der Waals surface area contributed by atoms with E-state index in [1.54, 1.807) is 6.92 Å². The fourth-order valence-corrected chi connectivity index (χ4v) is 3.40. The summed E-state index contributed by atoms with van der Waals surface area (Å²) in [4.78, 5) is 25.6. The van der Waals surface area contributed by atoms with Crippen LogP contribution in [0.2, 0.25) is 0 Å². The Balaban J connectivity index is 1.49. The smallest absolute Gasteiger partial charge is 0.408 e. The van der Waals surface area contributed by atoms with Crippen LogP contribution in [0.3, 0.4) is 0 Å². The number of hydrogen-bond acceptors (Lipinski definition) is 6. The molecule has 0 saturated carbocycles. The van der Waals surface area contributed by atoms with Gasteiger partial charge in [0.05, 0.1) is 0 Å². The summed E-state index contributed by atoms with van der Waals surface area (Å²) in [6, 6.07) is 21.6. The Hall–Kier alpha value is -4.60. The number of aromatic nitrogens is 4. The van der Waals surface area contributed by atoms with Crippen molar-refractivity contribution in [1.82, 2.24) is 25.5 Å². The van der Waals surface area contributed by atoms with E-state index >= 15 is 0 Å². The van der Waals surface area contributed by atoms with E-state index in [0.29, 0.717) is 11.5 Å². The molecule has 0 radical (unpaired) electrons. The Kier molecular flexibility index (Phi) is 7.41. The number of anilines is 1. The summed E-state index contributed by atoms with van der Waals surface area (Å²) in [5.41, 5.74) is 2.07. The van der Waals surface area contributed by atoms with Crippen LogP contribution in [0.15, 0.2) is 78.9 Å². The molecule has 1 heterocycles. The van der Waals surface area contributed by atoms with Crippen LogP contribution < -0.4 is 10.6 Å². The summed E-state index contributed by atoms with van der Waals surface area (Å²) in [6.07, 6.45) is -0.498. The van der Waals surface area contributed by atoms with Gasteiger partial charge in [0.1, 0.15) is 24.2 Å². The van der Waals surface area contributed by atoms with Gasteiger partial charge in [0.25, 0.3) is 0 Å². The van der Waals surface area contributed by atoms with E-state index in [2.05, 4.69) is 26.2 Å². The molecule has 1 atom stereocenters. The number of carbonyl (C=O) groups is 2. The zero-order chi connectivity index (χ0) is 24.6. The minimum absolute atomic E-state index is 0.0684. The van der Waals surface area contributed by atoms with Crippen LogP contribution in [0.1, 0.15) is 17.0 Å². The number of hydrogen-bond donors (Lipinski definition) is 2. The maximum atomic E-state index is 14.4. The molecular weight excluding hydrogens is 451 g/mol. The molecule has 9 nitrogen and oxygen atoms in total. The quantitative estimate of drug-likeness (QED) is 0.404. The molecule has 0 bridgehead atoms. The van der Waals surface area contributed by atoms with Crippen molar-refractivity contribution in [1.29, 1.82) is 0 Å². The number of halogens is 1. The molecule has 0 spiro atoms. The molecule has 0 aliphatic heterocycles. The van der Waals surface area contributed by atoms with Crippen molar-refractivity contribution in [2.24, 2.45) is 0 Å². The van der Waals surface area contributed by atoms with Gasteiger partial charge in [-0.25, -0.2) is 9.18 Å². The fraction of sp³-hybridized carbons (Fsp3) is 0.160. The third kappa shape index (κ3) is 6.26. The molecule has 178 valence electrons. The van der Waals surface area contributed by atoms with E-state index < -0.39 is 23.9 Å². The highest BCUT2D eigenvalue weighted by atomic mass is 19.1. The van der Waals surface area contributed by atoms with Gasteiger partial charge in [-0.05, 0) is 46.7 Å². The second-order valence-electron chi connectivity index (χ2n) is 7.74. The van der Waals surface area contributed by atoms with Gasteiger partial charge in [-0.2, -0.15) is 4.68 Å². The zero-order valence-electron chi connectivity index (χ0n) is 18.9. The van der Waals surface area contributed by atoms with Crippen LogP contribution in [0.5, 0.6) is 0 Å². The number of carbonyl (C=O) groups excluding carboxylic acids is 2. The topological polar surface area (TPSA) is 111 Å². The van der Waals surface area contributed by atoms with Gasteiger partial charge < -0.3 is 15.4 Å². The van der Waals surface area contributed by atoms with Gasteiger partial charge in [0.15, 0.2) is 5.82 Å². The molecule has 0 saturated heterocycles. The first-order valence-corrected chi connectivity index (χ1v) is 10.9. The zero-order valence-corrected chi connectivity index (χ0v) is 18.9. The van der Waals surface area contributed by atoms with Gasteiger partial charge in [-0.1, -0.05) is 60.7 Å². The Labute approximate surface area is 200 Å². The number of rotatable bonds is 8. The molecule has 0 fully saturated rings. The van der Waals surface area contributed by atoms with Crippen LogP contribution in [-0.2, 0) is 22.6 Å². The number of amides is 2. The minimum atomic E-state index is -0.941. The molecular formula is C25H23FN6O3. The monoisotopic (exact) mass is 474 g/mol. The number of tetrazole rings is 1. The maximum Gasteiger partial charge on any atom is 0.408 e. The molecule has 0 aliphatic carbocycles. The summed E-state index contributed by atoms with van der Waals surface area (Å²) in [7, 11) is 0. The Morgan fingerprint density at radius 3 is 2.34 bits per heavy atom. The van der Waals surface area contributed by atoms with E-state index in [-0.39, 0.29) is 18.7 Å². The first-order valence-electron chi connectivity index (χ1n) is 10.9. The van der Waals surface area contributed by atoms with Crippen LogP contribution in [-0.4, -0.2) is 38.2 Å². The maximum absolute atomic E-state index is 14.4. The van der Waals surface area contributed by atoms with Crippen LogP contribution in [0.25, 0.3) is 5.69 Å². The molecule has 4 rings (SSSR count). The molecule has 0 unspecified atom stereocenters. The number of benzene rings is 3. The van der Waals surface area contributed by atoms with Crippen molar-refractivity contribution < 1.29 is 18.7 Å². The van der Waals surface area contributed by atoms with Gasteiger partial charge in [-0.3, -0.25) is 4.79 Å². The van der Waals surface area contributed by atoms with E-state index in [1.165, 1.54) is 22.9 Å². The standard InChI is InChI=1S/C25H23FN6O3/c1-17-29-30-31-32(17)23-15-20(12-13-21(23)26)27-24(33)22(14-18-8-4-2-5-9-18)28-25(34)35-16-19-10-6-3-7-11-19/h2-13,15,22H,14,16H2,1H3,(H,27,33)(H,28,34)/t22-/m0/s1. The van der Waals surface area contributed by atoms with E-state index in [4.69, 9.17) is 4.74 Å². The predicted molar refractivity (Wildman–Crippen MR) is 126 cm³/mol. The lowest BCUT2D eigenvalue weighted by atomic mass is 10.1. The van der Waals surface area contributed by atoms with Crippen LogP contribution in [0.4, 0.5) is 14.9 Å². The highest BCUT2D eigenvalue weighted by molar-refractivity contribution is 5.97. The second-order valence-corrected chi connectivity index (χ2v) is 7.74.